The second-order valence-corrected chi connectivity index (χ2v) is 8.33. The van der Waals surface area contributed by atoms with Crippen molar-refractivity contribution in [2.75, 3.05) is 41.4 Å². The SMILES string of the molecule is CC(C)[C@]1(C#N)CCN(c2ccnc(Nc3ccc(N4CCOC[C@@H]4C)nc3)n2)C1=O. The number of pyridine rings is 1. The van der Waals surface area contributed by atoms with E-state index in [0.717, 1.165) is 18.1 Å². The molecule has 2 atom stereocenters. The van der Waals surface area contributed by atoms with E-state index in [2.05, 4.69) is 38.2 Å². The highest BCUT2D eigenvalue weighted by Gasteiger charge is 2.50. The minimum atomic E-state index is -0.991. The Balaban J connectivity index is 1.48. The Morgan fingerprint density at radius 1 is 1.26 bits per heavy atom. The topological polar surface area (TPSA) is 107 Å². The third-order valence-electron chi connectivity index (χ3n) is 6.12. The van der Waals surface area contributed by atoms with Gasteiger partial charge in [-0.2, -0.15) is 10.2 Å². The summed E-state index contributed by atoms with van der Waals surface area (Å²) in [6.45, 7) is 8.61. The van der Waals surface area contributed by atoms with Crippen molar-refractivity contribution in [3.05, 3.63) is 30.6 Å². The minimum Gasteiger partial charge on any atom is -0.377 e. The maximum Gasteiger partial charge on any atom is 0.248 e. The van der Waals surface area contributed by atoms with Gasteiger partial charge in [0.15, 0.2) is 0 Å². The van der Waals surface area contributed by atoms with Crippen molar-refractivity contribution >= 4 is 29.2 Å². The first kappa shape index (κ1) is 21.0. The zero-order valence-electron chi connectivity index (χ0n) is 18.1. The molecule has 9 nitrogen and oxygen atoms in total. The molecule has 2 aliphatic rings. The Kier molecular flexibility index (Phi) is 5.74. The first-order valence-electron chi connectivity index (χ1n) is 10.6. The summed E-state index contributed by atoms with van der Waals surface area (Å²) in [5, 5.41) is 12.8. The Labute approximate surface area is 182 Å². The molecule has 2 fully saturated rings. The highest BCUT2D eigenvalue weighted by molar-refractivity contribution is 6.01. The van der Waals surface area contributed by atoms with Crippen LogP contribution in [0.4, 0.5) is 23.3 Å². The van der Waals surface area contributed by atoms with E-state index < -0.39 is 5.41 Å². The fourth-order valence-electron chi connectivity index (χ4n) is 4.11. The van der Waals surface area contributed by atoms with Gasteiger partial charge in [0.1, 0.15) is 17.1 Å². The van der Waals surface area contributed by atoms with Crippen molar-refractivity contribution in [2.24, 2.45) is 11.3 Å². The summed E-state index contributed by atoms with van der Waals surface area (Å²) < 4.78 is 5.49. The number of nitrogens with one attached hydrogen (secondary N) is 1. The lowest BCUT2D eigenvalue weighted by atomic mass is 9.77. The normalized spacial score (nSPS) is 23.8. The third-order valence-corrected chi connectivity index (χ3v) is 6.12. The first-order valence-corrected chi connectivity index (χ1v) is 10.6. The number of carbonyl (C=O) groups is 1. The van der Waals surface area contributed by atoms with E-state index in [-0.39, 0.29) is 17.9 Å². The Morgan fingerprint density at radius 3 is 2.74 bits per heavy atom. The van der Waals surface area contributed by atoms with Crippen molar-refractivity contribution in [3.8, 4) is 6.07 Å². The quantitative estimate of drug-likeness (QED) is 0.785. The number of morpholine rings is 1. The minimum absolute atomic E-state index is 0.0618. The standard InChI is InChI=1S/C22H27N7O2/c1-15(2)22(14-23)7-9-29(20(22)30)19-6-8-24-21(27-19)26-17-4-5-18(25-12-17)28-10-11-31-13-16(28)3/h4-6,8,12,15-16H,7,9-11,13H2,1-3H3,(H,24,26,27)/t16-,22+/m0/s1. The number of aromatic nitrogens is 3. The summed E-state index contributed by atoms with van der Waals surface area (Å²) in [7, 11) is 0. The van der Waals surface area contributed by atoms with Gasteiger partial charge in [0.25, 0.3) is 0 Å². The Morgan fingerprint density at radius 2 is 2.10 bits per heavy atom. The molecular weight excluding hydrogens is 394 g/mol. The van der Waals surface area contributed by atoms with Gasteiger partial charge >= 0.3 is 0 Å². The molecule has 4 rings (SSSR count). The van der Waals surface area contributed by atoms with E-state index in [9.17, 15) is 10.1 Å². The van der Waals surface area contributed by atoms with Crippen LogP contribution in [-0.2, 0) is 9.53 Å². The lowest BCUT2D eigenvalue weighted by molar-refractivity contribution is -0.124. The highest BCUT2D eigenvalue weighted by Crippen LogP contribution is 2.40. The van der Waals surface area contributed by atoms with Crippen LogP contribution in [0.1, 0.15) is 27.2 Å². The summed E-state index contributed by atoms with van der Waals surface area (Å²) in [4.78, 5) is 30.1. The Hall–Kier alpha value is -3.25. The van der Waals surface area contributed by atoms with Gasteiger partial charge in [0, 0.05) is 19.3 Å². The van der Waals surface area contributed by atoms with Gasteiger partial charge in [-0.1, -0.05) is 13.8 Å². The smallest absolute Gasteiger partial charge is 0.248 e. The largest absolute Gasteiger partial charge is 0.377 e. The van der Waals surface area contributed by atoms with E-state index in [1.54, 1.807) is 23.4 Å². The number of amides is 1. The van der Waals surface area contributed by atoms with Crippen molar-refractivity contribution in [1.29, 1.82) is 5.26 Å². The molecule has 2 aromatic rings. The number of rotatable bonds is 5. The number of nitriles is 1. The number of anilines is 4. The molecule has 0 saturated carbocycles. The molecule has 9 heteroatoms. The molecule has 0 radical (unpaired) electrons. The van der Waals surface area contributed by atoms with E-state index in [0.29, 0.717) is 37.9 Å². The molecule has 1 N–H and O–H groups in total. The van der Waals surface area contributed by atoms with Crippen LogP contribution in [-0.4, -0.2) is 53.2 Å². The van der Waals surface area contributed by atoms with Crippen LogP contribution in [0.5, 0.6) is 0 Å². The zero-order valence-corrected chi connectivity index (χ0v) is 18.1. The average Bonchev–Trinajstić information content (AvgIpc) is 3.12. The molecule has 0 bridgehead atoms. The van der Waals surface area contributed by atoms with Crippen molar-refractivity contribution < 1.29 is 9.53 Å². The molecule has 0 aliphatic carbocycles. The van der Waals surface area contributed by atoms with E-state index in [1.165, 1.54) is 0 Å². The van der Waals surface area contributed by atoms with E-state index >= 15 is 0 Å². The lowest BCUT2D eigenvalue weighted by Gasteiger charge is -2.34. The predicted octanol–water partition coefficient (Wildman–Crippen LogP) is 2.74. The van der Waals surface area contributed by atoms with Gasteiger partial charge in [0.05, 0.1) is 37.2 Å². The second kappa shape index (κ2) is 8.47. The summed E-state index contributed by atoms with van der Waals surface area (Å²) in [5.74, 6) is 1.51. The maximum absolute atomic E-state index is 13.0. The molecular formula is C22H27N7O2. The number of hydrogen-bond donors (Lipinski definition) is 1. The van der Waals surface area contributed by atoms with Crippen LogP contribution in [0.15, 0.2) is 30.6 Å². The van der Waals surface area contributed by atoms with Gasteiger partial charge in [-0.15, -0.1) is 0 Å². The van der Waals surface area contributed by atoms with Crippen LogP contribution in [0.2, 0.25) is 0 Å². The molecule has 0 aromatic carbocycles. The summed E-state index contributed by atoms with van der Waals surface area (Å²) in [6, 6.07) is 8.11. The zero-order chi connectivity index (χ0) is 22.0. The molecule has 4 heterocycles. The monoisotopic (exact) mass is 421 g/mol. The van der Waals surface area contributed by atoms with Crippen LogP contribution in [0.3, 0.4) is 0 Å². The van der Waals surface area contributed by atoms with Crippen LogP contribution < -0.4 is 15.1 Å². The highest BCUT2D eigenvalue weighted by atomic mass is 16.5. The molecule has 2 aromatic heterocycles. The summed E-state index contributed by atoms with van der Waals surface area (Å²) in [5.41, 5.74) is -0.238. The molecule has 1 amide bonds. The molecule has 2 saturated heterocycles. The maximum atomic E-state index is 13.0. The van der Waals surface area contributed by atoms with Crippen LogP contribution >= 0.6 is 0 Å². The predicted molar refractivity (Wildman–Crippen MR) is 117 cm³/mol. The van der Waals surface area contributed by atoms with E-state index in [4.69, 9.17) is 4.74 Å². The Bertz CT molecular complexity index is 988. The molecule has 162 valence electrons. The number of nitrogens with zero attached hydrogens (tertiary/aromatic N) is 6. The van der Waals surface area contributed by atoms with Gasteiger partial charge in [0.2, 0.25) is 11.9 Å². The van der Waals surface area contributed by atoms with Gasteiger partial charge in [-0.25, -0.2) is 9.97 Å². The van der Waals surface area contributed by atoms with Crippen molar-refractivity contribution in [1.82, 2.24) is 15.0 Å². The van der Waals surface area contributed by atoms with Crippen molar-refractivity contribution in [3.63, 3.8) is 0 Å². The summed E-state index contributed by atoms with van der Waals surface area (Å²) >= 11 is 0. The number of hydrogen-bond acceptors (Lipinski definition) is 8. The first-order chi connectivity index (χ1) is 14.9. The lowest BCUT2D eigenvalue weighted by Crippen LogP contribution is -2.44. The number of ether oxygens (including phenoxy) is 1. The van der Waals surface area contributed by atoms with Crippen LogP contribution in [0.25, 0.3) is 0 Å². The second-order valence-electron chi connectivity index (χ2n) is 8.33. The third kappa shape index (κ3) is 3.91. The van der Waals surface area contributed by atoms with Crippen LogP contribution in [0, 0.1) is 22.7 Å². The molecule has 0 unspecified atom stereocenters. The van der Waals surface area contributed by atoms with E-state index in [1.807, 2.05) is 26.0 Å². The van der Waals surface area contributed by atoms with Gasteiger partial charge < -0.3 is 15.0 Å². The summed E-state index contributed by atoms with van der Waals surface area (Å²) in [6.07, 6.45) is 3.85. The number of carbonyl (C=O) groups excluding carboxylic acids is 1. The fourth-order valence-corrected chi connectivity index (χ4v) is 4.11. The molecule has 0 spiro atoms. The average molecular weight is 422 g/mol. The fraction of sp³-hybridized carbons (Fsp3) is 0.500. The van der Waals surface area contributed by atoms with Gasteiger partial charge in [-0.3, -0.25) is 9.69 Å². The molecule has 31 heavy (non-hydrogen) atoms. The van der Waals surface area contributed by atoms with Crippen molar-refractivity contribution in [2.45, 2.75) is 33.2 Å². The van der Waals surface area contributed by atoms with Gasteiger partial charge in [-0.05, 0) is 37.5 Å². The molecule has 2 aliphatic heterocycles.